The van der Waals surface area contributed by atoms with Gasteiger partial charge >= 0.3 is 0 Å². The van der Waals surface area contributed by atoms with E-state index in [4.69, 9.17) is 21.1 Å². The molecule has 8 rings (SSSR count). The molecule has 5 aromatic carbocycles. The summed E-state index contributed by atoms with van der Waals surface area (Å²) in [6.07, 6.45) is 2.56. The van der Waals surface area contributed by atoms with Crippen LogP contribution in [0.1, 0.15) is 70.0 Å². The van der Waals surface area contributed by atoms with E-state index in [9.17, 15) is 15.0 Å². The van der Waals surface area contributed by atoms with Crippen LogP contribution in [0.5, 0.6) is 0 Å². The number of hydrogen-bond donors (Lipinski definition) is 3. The van der Waals surface area contributed by atoms with E-state index in [0.717, 1.165) is 64.1 Å². The predicted octanol–water partition coefficient (Wildman–Crippen LogP) is 7.90. The number of likely N-dealkylation sites (tertiary alicyclic amines) is 1. The zero-order chi connectivity index (χ0) is 37.8. The van der Waals surface area contributed by atoms with Gasteiger partial charge in [0.15, 0.2) is 6.29 Å². The van der Waals surface area contributed by atoms with Crippen molar-refractivity contribution in [3.05, 3.63) is 166 Å². The number of halogens is 1. The van der Waals surface area contributed by atoms with Gasteiger partial charge in [0, 0.05) is 43.2 Å². The molecule has 0 spiro atoms. The van der Waals surface area contributed by atoms with E-state index in [1.165, 1.54) is 6.20 Å². The van der Waals surface area contributed by atoms with E-state index in [-0.39, 0.29) is 30.4 Å². The minimum atomic E-state index is -0.876. The fourth-order valence-corrected chi connectivity index (χ4v) is 7.63. The molecule has 3 atom stereocenters. The number of aliphatic hydroxyl groups is 2. The number of carbonyl (C=O) groups excluding carboxylic acids is 1. The number of nitrogens with zero attached hydrogens (tertiary/aromatic N) is 3. The van der Waals surface area contributed by atoms with Gasteiger partial charge in [0.25, 0.3) is 5.91 Å². The Labute approximate surface area is 325 Å². The highest BCUT2D eigenvalue weighted by molar-refractivity contribution is 6.30. The number of fused-ring (bicyclic) bond motifs is 1. The van der Waals surface area contributed by atoms with Crippen LogP contribution >= 0.6 is 11.6 Å². The molecule has 3 heterocycles. The lowest BCUT2D eigenvalue weighted by atomic mass is 9.84. The van der Waals surface area contributed by atoms with Crippen LogP contribution in [-0.4, -0.2) is 56.7 Å². The van der Waals surface area contributed by atoms with Crippen LogP contribution in [-0.2, 0) is 28.2 Å². The molecule has 1 aromatic heterocycles. The van der Waals surface area contributed by atoms with Crippen LogP contribution in [0.2, 0.25) is 5.02 Å². The standard InChI is InChI=1S/C45H43ClN4O5/c46-37-18-16-36(17-19-37)45(53)20-22-50(23-21-45)28-38-25-42(33-10-8-30(29-51)9-11-33)55-44(54-38)34-14-12-32(13-15-34)35-5-3-4-31(24-35)26-48-43(52)41-27-47-39-6-1-2-7-40(39)49-41/h1-19,24,27,38,42,44,51,53H,20-23,25-26,28-29H2,(H,48,52). The summed E-state index contributed by atoms with van der Waals surface area (Å²) >= 11 is 6.10. The second-order valence-corrected chi connectivity index (χ2v) is 14.9. The number of amides is 1. The molecule has 3 N–H and O–H groups in total. The summed E-state index contributed by atoms with van der Waals surface area (Å²) < 4.78 is 13.3. The lowest BCUT2D eigenvalue weighted by molar-refractivity contribution is -0.253. The van der Waals surface area contributed by atoms with E-state index in [0.29, 0.717) is 36.3 Å². The normalized spacial score (nSPS) is 19.9. The van der Waals surface area contributed by atoms with Crippen molar-refractivity contribution >= 4 is 28.5 Å². The van der Waals surface area contributed by atoms with Crippen molar-refractivity contribution in [1.29, 1.82) is 0 Å². The predicted molar refractivity (Wildman–Crippen MR) is 212 cm³/mol. The molecule has 10 heteroatoms. The molecule has 2 aliphatic rings. The molecule has 2 aliphatic heterocycles. The van der Waals surface area contributed by atoms with Crippen LogP contribution in [0.25, 0.3) is 22.2 Å². The third-order valence-corrected chi connectivity index (χ3v) is 11.0. The van der Waals surface area contributed by atoms with E-state index in [1.54, 1.807) is 0 Å². The van der Waals surface area contributed by atoms with Gasteiger partial charge in [-0.05, 0) is 76.6 Å². The molecular weight excluding hydrogens is 712 g/mol. The van der Waals surface area contributed by atoms with Gasteiger partial charge in [-0.15, -0.1) is 0 Å². The van der Waals surface area contributed by atoms with Crippen molar-refractivity contribution in [2.45, 2.75) is 56.5 Å². The fraction of sp³-hybridized carbons (Fsp3) is 0.267. The summed E-state index contributed by atoms with van der Waals surface area (Å²) in [5, 5.41) is 24.7. The summed E-state index contributed by atoms with van der Waals surface area (Å²) in [6, 6.07) is 39.3. The number of para-hydroxylation sites is 2. The number of aromatic nitrogens is 2. The Morgan fingerprint density at radius 3 is 2.29 bits per heavy atom. The van der Waals surface area contributed by atoms with Crippen molar-refractivity contribution in [1.82, 2.24) is 20.2 Å². The first-order valence-corrected chi connectivity index (χ1v) is 19.1. The van der Waals surface area contributed by atoms with Gasteiger partial charge in [0.2, 0.25) is 0 Å². The van der Waals surface area contributed by atoms with Gasteiger partial charge in [-0.3, -0.25) is 9.78 Å². The highest BCUT2D eigenvalue weighted by Gasteiger charge is 2.37. The summed E-state index contributed by atoms with van der Waals surface area (Å²) in [4.78, 5) is 24.1. The number of rotatable bonds is 10. The first-order chi connectivity index (χ1) is 26.8. The number of nitrogens with one attached hydrogen (secondary N) is 1. The number of hydrogen-bond acceptors (Lipinski definition) is 8. The van der Waals surface area contributed by atoms with Gasteiger partial charge in [0.05, 0.1) is 41.6 Å². The lowest BCUT2D eigenvalue weighted by Crippen LogP contribution is -2.46. The summed E-state index contributed by atoms with van der Waals surface area (Å²) in [5.74, 6) is -0.277. The second-order valence-electron chi connectivity index (χ2n) is 14.4. The average Bonchev–Trinajstić information content (AvgIpc) is 3.24. The summed E-state index contributed by atoms with van der Waals surface area (Å²) in [7, 11) is 0. The van der Waals surface area contributed by atoms with Gasteiger partial charge in [0.1, 0.15) is 5.69 Å². The van der Waals surface area contributed by atoms with E-state index in [2.05, 4.69) is 44.5 Å². The molecule has 1 amide bonds. The molecule has 280 valence electrons. The van der Waals surface area contributed by atoms with Crippen LogP contribution in [0.4, 0.5) is 0 Å². The number of ether oxygens (including phenoxy) is 2. The first kappa shape index (κ1) is 36.9. The smallest absolute Gasteiger partial charge is 0.271 e. The van der Waals surface area contributed by atoms with Crippen molar-refractivity contribution in [3.63, 3.8) is 0 Å². The molecule has 2 fully saturated rings. The van der Waals surface area contributed by atoms with Crippen molar-refractivity contribution in [3.8, 4) is 11.1 Å². The fourth-order valence-electron chi connectivity index (χ4n) is 7.51. The maximum Gasteiger partial charge on any atom is 0.271 e. The Morgan fingerprint density at radius 1 is 0.818 bits per heavy atom. The number of piperidine rings is 1. The molecular formula is C45H43ClN4O5. The van der Waals surface area contributed by atoms with Crippen LogP contribution < -0.4 is 5.32 Å². The quantitative estimate of drug-likeness (QED) is 0.129. The first-order valence-electron chi connectivity index (χ1n) is 18.7. The molecule has 9 nitrogen and oxygen atoms in total. The molecule has 0 saturated carbocycles. The molecule has 55 heavy (non-hydrogen) atoms. The summed E-state index contributed by atoms with van der Waals surface area (Å²) in [5.41, 5.74) is 7.56. The van der Waals surface area contributed by atoms with Crippen LogP contribution in [0, 0.1) is 0 Å². The number of benzene rings is 5. The maximum absolute atomic E-state index is 12.9. The molecule has 3 unspecified atom stereocenters. The minimum Gasteiger partial charge on any atom is -0.392 e. The molecule has 0 aliphatic carbocycles. The van der Waals surface area contributed by atoms with Gasteiger partial charge in [-0.25, -0.2) is 4.98 Å². The van der Waals surface area contributed by atoms with Gasteiger partial charge in [-0.2, -0.15) is 0 Å². The molecule has 2 saturated heterocycles. The van der Waals surface area contributed by atoms with Gasteiger partial charge in [-0.1, -0.05) is 103 Å². The third kappa shape index (κ3) is 8.63. The average molecular weight is 755 g/mol. The van der Waals surface area contributed by atoms with Gasteiger partial charge < -0.3 is 29.9 Å². The largest absolute Gasteiger partial charge is 0.392 e. The number of aliphatic hydroxyl groups excluding tert-OH is 1. The van der Waals surface area contributed by atoms with Crippen molar-refractivity contribution in [2.75, 3.05) is 19.6 Å². The topological polar surface area (TPSA) is 117 Å². The molecule has 6 aromatic rings. The van der Waals surface area contributed by atoms with E-state index < -0.39 is 11.9 Å². The monoisotopic (exact) mass is 754 g/mol. The third-order valence-electron chi connectivity index (χ3n) is 10.7. The van der Waals surface area contributed by atoms with Crippen molar-refractivity contribution in [2.24, 2.45) is 0 Å². The van der Waals surface area contributed by atoms with Crippen molar-refractivity contribution < 1.29 is 24.5 Å². The molecule has 0 bridgehead atoms. The Bertz CT molecular complexity index is 2240. The summed E-state index contributed by atoms with van der Waals surface area (Å²) in [6.45, 7) is 2.55. The Morgan fingerprint density at radius 2 is 1.55 bits per heavy atom. The zero-order valence-corrected chi connectivity index (χ0v) is 31.1. The number of carbonyl (C=O) groups is 1. The highest BCUT2D eigenvalue weighted by atomic mass is 35.5. The van der Waals surface area contributed by atoms with Crippen LogP contribution in [0.15, 0.2) is 128 Å². The maximum atomic E-state index is 12.9. The zero-order valence-electron chi connectivity index (χ0n) is 30.4. The van der Waals surface area contributed by atoms with E-state index in [1.807, 2.05) is 97.1 Å². The van der Waals surface area contributed by atoms with E-state index >= 15 is 0 Å². The van der Waals surface area contributed by atoms with Crippen LogP contribution in [0.3, 0.4) is 0 Å². The Kier molecular flexibility index (Phi) is 11.0. The highest BCUT2D eigenvalue weighted by Crippen LogP contribution is 2.40. The Balaban J connectivity index is 0.939. The minimum absolute atomic E-state index is 0.0120. The SMILES string of the molecule is O=C(NCc1cccc(-c2ccc(C3OC(CN4CCC(O)(c5ccc(Cl)cc5)CC4)CC(c4ccc(CO)cc4)O3)cc2)c1)c1cnc2ccccc2n1. The Hall–Kier alpha value is -5.00. The lowest BCUT2D eigenvalue weighted by Gasteiger charge is -2.42. The molecule has 0 radical (unpaired) electrons. The second kappa shape index (κ2) is 16.4.